The standard InChI is InChI=1S/C12H18O6/c13-8-3-1-2-7-12(17)18-10(9-14)5-4-6-11(15)16/h8-10H,1-7H2,(H,15,16). The summed E-state index contributed by atoms with van der Waals surface area (Å²) in [5.41, 5.74) is 0. The Morgan fingerprint density at radius 1 is 1.11 bits per heavy atom. The van der Waals surface area contributed by atoms with Crippen LogP contribution in [0.15, 0.2) is 0 Å². The van der Waals surface area contributed by atoms with Gasteiger partial charge in [-0.25, -0.2) is 0 Å². The highest BCUT2D eigenvalue weighted by atomic mass is 16.5. The number of hydrogen-bond donors (Lipinski definition) is 1. The quantitative estimate of drug-likeness (QED) is 0.338. The number of hydrogen-bond acceptors (Lipinski definition) is 5. The van der Waals surface area contributed by atoms with Crippen LogP contribution in [0, 0.1) is 0 Å². The number of rotatable bonds is 11. The SMILES string of the molecule is O=CCCCCC(=O)OC(C=O)CCCC(=O)O. The Hall–Kier alpha value is -1.72. The van der Waals surface area contributed by atoms with Crippen molar-refractivity contribution in [3.8, 4) is 0 Å². The number of carboxylic acids is 1. The highest BCUT2D eigenvalue weighted by molar-refractivity contribution is 5.72. The first kappa shape index (κ1) is 16.3. The van der Waals surface area contributed by atoms with E-state index in [1.807, 2.05) is 0 Å². The Morgan fingerprint density at radius 3 is 2.39 bits per heavy atom. The van der Waals surface area contributed by atoms with Crippen LogP contribution in [0.2, 0.25) is 0 Å². The van der Waals surface area contributed by atoms with Crippen LogP contribution in [0.3, 0.4) is 0 Å². The number of aliphatic carboxylic acids is 1. The van der Waals surface area contributed by atoms with Crippen LogP contribution >= 0.6 is 0 Å². The Balaban J connectivity index is 3.75. The number of carbonyl (C=O) groups excluding carboxylic acids is 3. The van der Waals surface area contributed by atoms with Gasteiger partial charge in [0.1, 0.15) is 6.29 Å². The van der Waals surface area contributed by atoms with E-state index in [9.17, 15) is 19.2 Å². The molecule has 0 aliphatic carbocycles. The van der Waals surface area contributed by atoms with Crippen molar-refractivity contribution in [1.82, 2.24) is 0 Å². The molecule has 0 aliphatic rings. The number of unbranched alkanes of at least 4 members (excludes halogenated alkanes) is 2. The van der Waals surface area contributed by atoms with Gasteiger partial charge in [-0.15, -0.1) is 0 Å². The van der Waals surface area contributed by atoms with Gasteiger partial charge < -0.3 is 14.6 Å². The van der Waals surface area contributed by atoms with E-state index >= 15 is 0 Å². The molecule has 0 rings (SSSR count). The summed E-state index contributed by atoms with van der Waals surface area (Å²) in [6.07, 6.45) is 2.59. The second-order valence-electron chi connectivity index (χ2n) is 3.86. The summed E-state index contributed by atoms with van der Waals surface area (Å²) in [6.45, 7) is 0. The maximum atomic E-state index is 11.3. The summed E-state index contributed by atoms with van der Waals surface area (Å²) in [6, 6.07) is 0. The molecule has 6 heteroatoms. The molecule has 0 radical (unpaired) electrons. The molecule has 0 aromatic carbocycles. The predicted octanol–water partition coefficient (Wildman–Crippen LogP) is 1.11. The van der Waals surface area contributed by atoms with Gasteiger partial charge in [-0.05, 0) is 25.7 Å². The van der Waals surface area contributed by atoms with Crippen LogP contribution in [0.25, 0.3) is 0 Å². The first-order valence-electron chi connectivity index (χ1n) is 5.90. The lowest BCUT2D eigenvalue weighted by Gasteiger charge is -2.11. The van der Waals surface area contributed by atoms with Crippen molar-refractivity contribution >= 4 is 24.5 Å². The van der Waals surface area contributed by atoms with Crippen LogP contribution in [0.4, 0.5) is 0 Å². The normalized spacial score (nSPS) is 11.6. The summed E-state index contributed by atoms with van der Waals surface area (Å²) < 4.78 is 4.87. The summed E-state index contributed by atoms with van der Waals surface area (Å²) in [5, 5.41) is 8.42. The molecule has 0 saturated heterocycles. The van der Waals surface area contributed by atoms with Crippen LogP contribution in [-0.2, 0) is 23.9 Å². The molecule has 1 N–H and O–H groups in total. The number of ether oxygens (including phenoxy) is 1. The summed E-state index contributed by atoms with van der Waals surface area (Å²) in [7, 11) is 0. The molecule has 0 heterocycles. The number of esters is 1. The molecule has 1 atom stereocenters. The van der Waals surface area contributed by atoms with Crippen molar-refractivity contribution in [1.29, 1.82) is 0 Å². The van der Waals surface area contributed by atoms with E-state index in [1.165, 1.54) is 0 Å². The van der Waals surface area contributed by atoms with E-state index in [4.69, 9.17) is 9.84 Å². The van der Waals surface area contributed by atoms with Gasteiger partial charge in [-0.1, -0.05) is 0 Å². The number of carbonyl (C=O) groups is 4. The highest BCUT2D eigenvalue weighted by Gasteiger charge is 2.13. The molecule has 6 nitrogen and oxygen atoms in total. The second kappa shape index (κ2) is 10.4. The molecule has 0 fully saturated rings. The summed E-state index contributed by atoms with van der Waals surface area (Å²) >= 11 is 0. The fraction of sp³-hybridized carbons (Fsp3) is 0.667. The van der Waals surface area contributed by atoms with Gasteiger partial charge in [-0.2, -0.15) is 0 Å². The first-order chi connectivity index (χ1) is 8.60. The van der Waals surface area contributed by atoms with E-state index in [0.717, 1.165) is 6.29 Å². The molecular weight excluding hydrogens is 240 g/mol. The van der Waals surface area contributed by atoms with Crippen molar-refractivity contribution in [2.24, 2.45) is 0 Å². The molecule has 0 aromatic rings. The van der Waals surface area contributed by atoms with Crippen LogP contribution < -0.4 is 0 Å². The van der Waals surface area contributed by atoms with Crippen LogP contribution in [-0.4, -0.2) is 35.7 Å². The molecule has 0 spiro atoms. The first-order valence-corrected chi connectivity index (χ1v) is 5.90. The smallest absolute Gasteiger partial charge is 0.306 e. The highest BCUT2D eigenvalue weighted by Crippen LogP contribution is 2.07. The molecular formula is C12H18O6. The lowest BCUT2D eigenvalue weighted by atomic mass is 10.1. The molecule has 0 bridgehead atoms. The van der Waals surface area contributed by atoms with E-state index in [1.54, 1.807) is 0 Å². The lowest BCUT2D eigenvalue weighted by molar-refractivity contribution is -0.152. The third kappa shape index (κ3) is 9.50. The Labute approximate surface area is 105 Å². The zero-order valence-electron chi connectivity index (χ0n) is 10.2. The third-order valence-electron chi connectivity index (χ3n) is 2.27. The van der Waals surface area contributed by atoms with Crippen LogP contribution in [0.5, 0.6) is 0 Å². The topological polar surface area (TPSA) is 97.7 Å². The van der Waals surface area contributed by atoms with Gasteiger partial charge in [-0.3, -0.25) is 14.4 Å². The van der Waals surface area contributed by atoms with Gasteiger partial charge >= 0.3 is 11.9 Å². The maximum absolute atomic E-state index is 11.3. The van der Waals surface area contributed by atoms with Crippen molar-refractivity contribution < 1.29 is 29.0 Å². The third-order valence-corrected chi connectivity index (χ3v) is 2.27. The molecule has 0 saturated carbocycles. The molecule has 0 amide bonds. The minimum atomic E-state index is -0.945. The van der Waals surface area contributed by atoms with E-state index < -0.39 is 18.0 Å². The average molecular weight is 258 g/mol. The van der Waals surface area contributed by atoms with E-state index in [0.29, 0.717) is 25.5 Å². The predicted molar refractivity (Wildman–Crippen MR) is 62.0 cm³/mol. The molecule has 18 heavy (non-hydrogen) atoms. The van der Waals surface area contributed by atoms with Gasteiger partial charge in [0, 0.05) is 19.3 Å². The summed E-state index contributed by atoms with van der Waals surface area (Å²) in [5.74, 6) is -1.44. The monoisotopic (exact) mass is 258 g/mol. The molecule has 1 unspecified atom stereocenters. The maximum Gasteiger partial charge on any atom is 0.306 e. The fourth-order valence-electron chi connectivity index (χ4n) is 1.33. The Bertz CT molecular complexity index is 286. The number of aldehydes is 2. The van der Waals surface area contributed by atoms with Crippen molar-refractivity contribution in [3.05, 3.63) is 0 Å². The van der Waals surface area contributed by atoms with E-state index in [-0.39, 0.29) is 25.7 Å². The van der Waals surface area contributed by atoms with Crippen molar-refractivity contribution in [3.63, 3.8) is 0 Å². The second-order valence-corrected chi connectivity index (χ2v) is 3.86. The average Bonchev–Trinajstić information content (AvgIpc) is 2.33. The van der Waals surface area contributed by atoms with Gasteiger partial charge in [0.2, 0.25) is 0 Å². The van der Waals surface area contributed by atoms with E-state index in [2.05, 4.69) is 0 Å². The Morgan fingerprint density at radius 2 is 1.83 bits per heavy atom. The number of carboxylic acid groups (broad SMARTS) is 1. The fourth-order valence-corrected chi connectivity index (χ4v) is 1.33. The summed E-state index contributed by atoms with van der Waals surface area (Å²) in [4.78, 5) is 42.2. The molecule has 102 valence electrons. The largest absolute Gasteiger partial charge is 0.481 e. The van der Waals surface area contributed by atoms with Crippen molar-refractivity contribution in [2.45, 2.75) is 51.0 Å². The molecule has 0 aromatic heterocycles. The minimum Gasteiger partial charge on any atom is -0.481 e. The van der Waals surface area contributed by atoms with Gasteiger partial charge in [0.15, 0.2) is 12.4 Å². The molecule has 0 aliphatic heterocycles. The Kier molecular flexibility index (Phi) is 9.44. The zero-order valence-corrected chi connectivity index (χ0v) is 10.2. The minimum absolute atomic E-state index is 0.0543. The van der Waals surface area contributed by atoms with Gasteiger partial charge in [0.25, 0.3) is 0 Å². The zero-order chi connectivity index (χ0) is 13.8. The van der Waals surface area contributed by atoms with Crippen LogP contribution in [0.1, 0.15) is 44.9 Å². The van der Waals surface area contributed by atoms with Gasteiger partial charge in [0.05, 0.1) is 0 Å². The van der Waals surface area contributed by atoms with Crippen molar-refractivity contribution in [2.75, 3.05) is 0 Å². The lowest BCUT2D eigenvalue weighted by Crippen LogP contribution is -2.19.